The number of hydrogen-bond acceptors (Lipinski definition) is 3. The van der Waals surface area contributed by atoms with E-state index in [9.17, 15) is 14.4 Å². The van der Waals surface area contributed by atoms with Gasteiger partial charge in [-0.3, -0.25) is 9.59 Å². The van der Waals surface area contributed by atoms with Gasteiger partial charge in [0.05, 0.1) is 0 Å². The Hall–Kier alpha value is -3.35. The Morgan fingerprint density at radius 1 is 0.969 bits per heavy atom. The summed E-state index contributed by atoms with van der Waals surface area (Å²) < 4.78 is 0. The molecular formula is C25H30N4O3. The van der Waals surface area contributed by atoms with Gasteiger partial charge in [-0.15, -0.1) is 0 Å². The number of rotatable bonds is 5. The van der Waals surface area contributed by atoms with Crippen LogP contribution in [0.25, 0.3) is 0 Å². The summed E-state index contributed by atoms with van der Waals surface area (Å²) in [7, 11) is 0. The maximum atomic E-state index is 13.1. The van der Waals surface area contributed by atoms with Crippen LogP contribution in [0, 0.1) is 11.8 Å². The minimum Gasteiger partial charge on any atom is -0.368 e. The van der Waals surface area contributed by atoms with E-state index in [1.807, 2.05) is 65.6 Å². The number of urea groups is 1. The quantitative estimate of drug-likeness (QED) is 0.757. The molecule has 3 atom stereocenters. The highest BCUT2D eigenvalue weighted by Crippen LogP contribution is 2.33. The van der Waals surface area contributed by atoms with E-state index < -0.39 is 11.9 Å². The van der Waals surface area contributed by atoms with Crippen LogP contribution in [-0.4, -0.2) is 53.3 Å². The number of nitrogens with two attached hydrogens (primary N) is 1. The third-order valence-corrected chi connectivity index (χ3v) is 6.68. The molecule has 2 aromatic carbocycles. The molecule has 7 heteroatoms. The van der Waals surface area contributed by atoms with Crippen molar-refractivity contribution in [3.05, 3.63) is 66.2 Å². The van der Waals surface area contributed by atoms with Crippen molar-refractivity contribution >= 4 is 23.5 Å². The van der Waals surface area contributed by atoms with Gasteiger partial charge in [0.15, 0.2) is 0 Å². The lowest BCUT2D eigenvalue weighted by Gasteiger charge is -2.37. The summed E-state index contributed by atoms with van der Waals surface area (Å²) in [6.45, 7) is 1.72. The summed E-state index contributed by atoms with van der Waals surface area (Å²) in [5.41, 5.74) is 7.47. The van der Waals surface area contributed by atoms with Gasteiger partial charge >= 0.3 is 6.03 Å². The number of likely N-dealkylation sites (tertiary alicyclic amines) is 2. The lowest BCUT2D eigenvalue weighted by atomic mass is 9.82. The predicted molar refractivity (Wildman–Crippen MR) is 123 cm³/mol. The number of primary amides is 1. The molecule has 2 saturated heterocycles. The normalized spacial score (nSPS) is 21.9. The van der Waals surface area contributed by atoms with Crippen molar-refractivity contribution in [3.63, 3.8) is 0 Å². The first-order valence-electron chi connectivity index (χ1n) is 11.2. The van der Waals surface area contributed by atoms with E-state index in [0.29, 0.717) is 32.5 Å². The minimum absolute atomic E-state index is 0.0144. The first kappa shape index (κ1) is 21.9. The molecule has 2 fully saturated rings. The third-order valence-electron chi connectivity index (χ3n) is 6.68. The van der Waals surface area contributed by atoms with E-state index in [-0.39, 0.29) is 23.8 Å². The van der Waals surface area contributed by atoms with E-state index in [1.165, 1.54) is 0 Å². The zero-order valence-corrected chi connectivity index (χ0v) is 18.2. The highest BCUT2D eigenvalue weighted by Gasteiger charge is 2.39. The molecule has 168 valence electrons. The van der Waals surface area contributed by atoms with Crippen molar-refractivity contribution in [2.45, 2.75) is 31.7 Å². The highest BCUT2D eigenvalue weighted by molar-refractivity contribution is 5.89. The molecule has 2 aromatic rings. The molecule has 3 unspecified atom stereocenters. The Morgan fingerprint density at radius 3 is 2.31 bits per heavy atom. The third kappa shape index (κ3) is 5.10. The number of amides is 4. The van der Waals surface area contributed by atoms with Gasteiger partial charge in [-0.25, -0.2) is 4.79 Å². The zero-order valence-electron chi connectivity index (χ0n) is 18.2. The summed E-state index contributed by atoms with van der Waals surface area (Å²) in [5.74, 6) is -0.0432. The van der Waals surface area contributed by atoms with Crippen LogP contribution in [0.15, 0.2) is 60.7 Å². The number of nitrogens with zero attached hydrogens (tertiary/aromatic N) is 2. The van der Waals surface area contributed by atoms with Gasteiger partial charge in [-0.2, -0.15) is 0 Å². The molecule has 2 aliphatic heterocycles. The molecule has 32 heavy (non-hydrogen) atoms. The fourth-order valence-electron chi connectivity index (χ4n) is 4.89. The number of piperidine rings is 1. The summed E-state index contributed by atoms with van der Waals surface area (Å²) in [5, 5.41) is 2.95. The first-order valence-corrected chi connectivity index (χ1v) is 11.2. The van der Waals surface area contributed by atoms with Gasteiger partial charge in [0.1, 0.15) is 6.04 Å². The van der Waals surface area contributed by atoms with Gasteiger partial charge in [0, 0.05) is 38.2 Å². The Morgan fingerprint density at radius 2 is 1.62 bits per heavy atom. The molecular weight excluding hydrogens is 404 g/mol. The van der Waals surface area contributed by atoms with E-state index in [2.05, 4.69) is 5.32 Å². The summed E-state index contributed by atoms with van der Waals surface area (Å²) in [6, 6.07) is 18.3. The van der Waals surface area contributed by atoms with Crippen LogP contribution in [0.3, 0.4) is 0 Å². The second-order valence-electron chi connectivity index (χ2n) is 8.74. The fraction of sp³-hybridized carbons (Fsp3) is 0.400. The van der Waals surface area contributed by atoms with Crippen LogP contribution in [0.5, 0.6) is 0 Å². The van der Waals surface area contributed by atoms with Crippen LogP contribution < -0.4 is 11.1 Å². The number of carbonyl (C=O) groups is 3. The Balaban J connectivity index is 1.41. The average Bonchev–Trinajstić information content (AvgIpc) is 2.96. The smallest absolute Gasteiger partial charge is 0.321 e. The molecule has 0 aromatic heterocycles. The SMILES string of the molecule is NC(=O)C(Cc1ccccc1)N1CCC2CN(C(=O)Nc3ccccc3)CCC2CC1=O. The van der Waals surface area contributed by atoms with Crippen molar-refractivity contribution in [1.29, 1.82) is 0 Å². The standard InChI is InChI=1S/C25H30N4O3/c26-24(31)22(15-18-7-3-1-4-8-18)29-14-12-20-17-28(13-11-19(20)16-23(29)30)25(32)27-21-9-5-2-6-10-21/h1-10,19-20,22H,11-17H2,(H2,26,31)(H,27,32). The molecule has 2 heterocycles. The van der Waals surface area contributed by atoms with Crippen molar-refractivity contribution in [1.82, 2.24) is 9.80 Å². The Kier molecular flexibility index (Phi) is 6.73. The van der Waals surface area contributed by atoms with Gasteiger partial charge in [0.25, 0.3) is 0 Å². The molecule has 0 spiro atoms. The van der Waals surface area contributed by atoms with Crippen molar-refractivity contribution < 1.29 is 14.4 Å². The van der Waals surface area contributed by atoms with Gasteiger partial charge in [-0.05, 0) is 42.4 Å². The Labute approximate surface area is 188 Å². The Bertz CT molecular complexity index is 950. The van der Waals surface area contributed by atoms with Crippen molar-refractivity contribution in [2.24, 2.45) is 17.6 Å². The van der Waals surface area contributed by atoms with Crippen molar-refractivity contribution in [3.8, 4) is 0 Å². The molecule has 7 nitrogen and oxygen atoms in total. The second-order valence-corrected chi connectivity index (χ2v) is 8.74. The number of para-hydroxylation sites is 1. The van der Waals surface area contributed by atoms with Crippen molar-refractivity contribution in [2.75, 3.05) is 25.0 Å². The largest absolute Gasteiger partial charge is 0.368 e. The molecule has 4 amide bonds. The van der Waals surface area contributed by atoms with Gasteiger partial charge in [-0.1, -0.05) is 48.5 Å². The number of carbonyl (C=O) groups excluding carboxylic acids is 3. The molecule has 4 rings (SSSR count). The molecule has 0 bridgehead atoms. The first-order chi connectivity index (χ1) is 15.5. The molecule has 2 aliphatic rings. The molecule has 0 radical (unpaired) electrons. The maximum absolute atomic E-state index is 13.1. The highest BCUT2D eigenvalue weighted by atomic mass is 16.2. The number of benzene rings is 2. The van der Waals surface area contributed by atoms with E-state index in [0.717, 1.165) is 24.1 Å². The molecule has 0 saturated carbocycles. The van der Waals surface area contributed by atoms with Gasteiger partial charge < -0.3 is 20.9 Å². The lowest BCUT2D eigenvalue weighted by Crippen LogP contribution is -2.49. The lowest BCUT2D eigenvalue weighted by molar-refractivity contribution is -0.139. The molecule has 3 N–H and O–H groups in total. The van der Waals surface area contributed by atoms with Crippen LogP contribution in [-0.2, 0) is 16.0 Å². The topological polar surface area (TPSA) is 95.7 Å². The zero-order chi connectivity index (χ0) is 22.5. The minimum atomic E-state index is -0.650. The predicted octanol–water partition coefficient (Wildman–Crippen LogP) is 2.88. The van der Waals surface area contributed by atoms with Crippen LogP contribution in [0.1, 0.15) is 24.8 Å². The maximum Gasteiger partial charge on any atom is 0.321 e. The average molecular weight is 435 g/mol. The number of anilines is 1. The number of hydrogen-bond donors (Lipinski definition) is 2. The van der Waals surface area contributed by atoms with Crippen LogP contribution >= 0.6 is 0 Å². The van der Waals surface area contributed by atoms with E-state index in [4.69, 9.17) is 5.73 Å². The van der Waals surface area contributed by atoms with Gasteiger partial charge in [0.2, 0.25) is 11.8 Å². The number of fused-ring (bicyclic) bond motifs is 1. The monoisotopic (exact) mass is 434 g/mol. The number of nitrogens with one attached hydrogen (secondary N) is 1. The fourth-order valence-corrected chi connectivity index (χ4v) is 4.89. The summed E-state index contributed by atoms with van der Waals surface area (Å²) in [6.07, 6.45) is 2.36. The summed E-state index contributed by atoms with van der Waals surface area (Å²) >= 11 is 0. The second kappa shape index (κ2) is 9.85. The molecule has 0 aliphatic carbocycles. The van der Waals surface area contributed by atoms with Crippen LogP contribution in [0.4, 0.5) is 10.5 Å². The van der Waals surface area contributed by atoms with E-state index in [1.54, 1.807) is 4.90 Å². The van der Waals surface area contributed by atoms with Crippen LogP contribution in [0.2, 0.25) is 0 Å². The van der Waals surface area contributed by atoms with E-state index >= 15 is 0 Å². The summed E-state index contributed by atoms with van der Waals surface area (Å²) in [4.78, 5) is 41.6.